The Morgan fingerprint density at radius 3 is 2.80 bits per heavy atom. The van der Waals surface area contributed by atoms with Gasteiger partial charge < -0.3 is 15.0 Å². The molecule has 1 atom stereocenters. The molecule has 0 saturated carbocycles. The number of aromatic nitrogens is 1. The number of H-pyrrole nitrogens is 1. The van der Waals surface area contributed by atoms with Crippen LogP contribution in [-0.4, -0.2) is 23.5 Å². The van der Waals surface area contributed by atoms with Crippen molar-refractivity contribution in [3.05, 3.63) is 64.8 Å². The fourth-order valence-corrected chi connectivity index (χ4v) is 2.56. The molecular formula is C18H15ClF2N2O2. The zero-order chi connectivity index (χ0) is 18.0. The molecule has 1 heterocycles. The Hall–Kier alpha value is -2.60. The normalized spacial score (nSPS) is 12.2. The predicted octanol–water partition coefficient (Wildman–Crippen LogP) is 4.30. The van der Waals surface area contributed by atoms with Gasteiger partial charge >= 0.3 is 0 Å². The zero-order valence-corrected chi connectivity index (χ0v) is 14.0. The number of amides is 1. The van der Waals surface area contributed by atoms with Crippen molar-refractivity contribution in [1.82, 2.24) is 10.3 Å². The summed E-state index contributed by atoms with van der Waals surface area (Å²) in [6.45, 7) is 1.76. The summed E-state index contributed by atoms with van der Waals surface area (Å²) >= 11 is 5.93. The van der Waals surface area contributed by atoms with E-state index in [1.54, 1.807) is 31.2 Å². The van der Waals surface area contributed by atoms with E-state index in [1.807, 2.05) is 0 Å². The van der Waals surface area contributed by atoms with Gasteiger partial charge in [0.05, 0.1) is 6.04 Å². The molecule has 2 N–H and O–H groups in total. The monoisotopic (exact) mass is 364 g/mol. The smallest absolute Gasteiger partial charge is 0.268 e. The number of ether oxygens (including phenoxy) is 1. The zero-order valence-electron chi connectivity index (χ0n) is 13.3. The van der Waals surface area contributed by atoms with Crippen molar-refractivity contribution >= 4 is 28.4 Å². The first-order chi connectivity index (χ1) is 11.9. The van der Waals surface area contributed by atoms with Crippen LogP contribution >= 0.6 is 11.6 Å². The maximum absolute atomic E-state index is 13.5. The lowest BCUT2D eigenvalue weighted by molar-refractivity contribution is 0.0922. The number of carbonyl (C=O) groups is 1. The van der Waals surface area contributed by atoms with Crippen molar-refractivity contribution in [2.45, 2.75) is 13.0 Å². The molecule has 0 saturated heterocycles. The highest BCUT2D eigenvalue weighted by Gasteiger charge is 2.14. The maximum Gasteiger partial charge on any atom is 0.268 e. The average molecular weight is 365 g/mol. The Balaban J connectivity index is 1.61. The number of aromatic amines is 1. The van der Waals surface area contributed by atoms with Gasteiger partial charge in [-0.2, -0.15) is 0 Å². The molecule has 3 rings (SSSR count). The summed E-state index contributed by atoms with van der Waals surface area (Å²) in [5, 5.41) is 4.16. The van der Waals surface area contributed by atoms with E-state index >= 15 is 0 Å². The van der Waals surface area contributed by atoms with Crippen LogP contribution in [0.25, 0.3) is 10.9 Å². The van der Waals surface area contributed by atoms with E-state index in [-0.39, 0.29) is 24.3 Å². The third kappa shape index (κ3) is 4.09. The molecule has 0 radical (unpaired) electrons. The highest BCUT2D eigenvalue weighted by atomic mass is 35.5. The van der Waals surface area contributed by atoms with Gasteiger partial charge in [-0.1, -0.05) is 11.6 Å². The lowest BCUT2D eigenvalue weighted by Crippen LogP contribution is -2.37. The summed E-state index contributed by atoms with van der Waals surface area (Å²) in [6, 6.07) is 9.66. The van der Waals surface area contributed by atoms with Gasteiger partial charge in [0, 0.05) is 22.0 Å². The van der Waals surface area contributed by atoms with Crippen LogP contribution in [0.2, 0.25) is 5.02 Å². The molecule has 2 aromatic carbocycles. The summed E-state index contributed by atoms with van der Waals surface area (Å²) < 4.78 is 31.6. The molecule has 1 amide bonds. The number of halogens is 3. The average Bonchev–Trinajstić information content (AvgIpc) is 2.97. The molecular weight excluding hydrogens is 350 g/mol. The quantitative estimate of drug-likeness (QED) is 0.709. The minimum atomic E-state index is -0.786. The second-order valence-corrected chi connectivity index (χ2v) is 6.11. The summed E-state index contributed by atoms with van der Waals surface area (Å²) in [5.41, 5.74) is 1.18. The summed E-state index contributed by atoms with van der Waals surface area (Å²) in [5.74, 6) is -1.85. The highest BCUT2D eigenvalue weighted by Crippen LogP contribution is 2.20. The summed E-state index contributed by atoms with van der Waals surface area (Å²) in [4.78, 5) is 15.3. The number of benzene rings is 2. The minimum absolute atomic E-state index is 0.0420. The molecule has 130 valence electrons. The molecule has 0 aliphatic heterocycles. The molecule has 0 aliphatic rings. The van der Waals surface area contributed by atoms with Crippen LogP contribution in [0.4, 0.5) is 8.78 Å². The second kappa shape index (κ2) is 7.11. The SMILES string of the molecule is CC(COc1ccc(F)cc1F)NC(=O)c1cc2cc(Cl)ccc2[nH]1. The van der Waals surface area contributed by atoms with Gasteiger partial charge in [0.1, 0.15) is 18.1 Å². The Kier molecular flexibility index (Phi) is 4.90. The first kappa shape index (κ1) is 17.2. The molecule has 1 unspecified atom stereocenters. The molecule has 0 fully saturated rings. The first-order valence-corrected chi connectivity index (χ1v) is 7.97. The highest BCUT2D eigenvalue weighted by molar-refractivity contribution is 6.31. The van der Waals surface area contributed by atoms with Crippen LogP contribution in [0.5, 0.6) is 5.75 Å². The van der Waals surface area contributed by atoms with Gasteiger partial charge in [0.25, 0.3) is 5.91 Å². The van der Waals surface area contributed by atoms with E-state index in [4.69, 9.17) is 16.3 Å². The summed E-state index contributed by atoms with van der Waals surface area (Å²) in [7, 11) is 0. The number of hydrogen-bond acceptors (Lipinski definition) is 2. The van der Waals surface area contributed by atoms with Crippen LogP contribution in [0.3, 0.4) is 0 Å². The fourth-order valence-electron chi connectivity index (χ4n) is 2.38. The van der Waals surface area contributed by atoms with E-state index in [0.29, 0.717) is 10.7 Å². The van der Waals surface area contributed by atoms with Gasteiger partial charge in [-0.15, -0.1) is 0 Å². The first-order valence-electron chi connectivity index (χ1n) is 7.59. The lowest BCUT2D eigenvalue weighted by Gasteiger charge is -2.15. The van der Waals surface area contributed by atoms with Crippen molar-refractivity contribution in [3.8, 4) is 5.75 Å². The number of carbonyl (C=O) groups excluding carboxylic acids is 1. The van der Waals surface area contributed by atoms with E-state index in [0.717, 1.165) is 23.0 Å². The lowest BCUT2D eigenvalue weighted by atomic mass is 10.2. The molecule has 1 aromatic heterocycles. The van der Waals surface area contributed by atoms with Crippen molar-refractivity contribution in [2.24, 2.45) is 0 Å². The second-order valence-electron chi connectivity index (χ2n) is 5.67. The Labute approximate surface area is 147 Å². The van der Waals surface area contributed by atoms with E-state index in [9.17, 15) is 13.6 Å². The van der Waals surface area contributed by atoms with Crippen molar-refractivity contribution < 1.29 is 18.3 Å². The van der Waals surface area contributed by atoms with Crippen molar-refractivity contribution in [3.63, 3.8) is 0 Å². The molecule has 0 bridgehead atoms. The fraction of sp³-hybridized carbons (Fsp3) is 0.167. The van der Waals surface area contributed by atoms with Crippen LogP contribution in [-0.2, 0) is 0 Å². The van der Waals surface area contributed by atoms with Crippen LogP contribution in [0.15, 0.2) is 42.5 Å². The predicted molar refractivity (Wildman–Crippen MR) is 92.1 cm³/mol. The standard InChI is InChI=1S/C18H15ClF2N2O2/c1-10(9-25-17-5-3-13(20)8-14(17)21)22-18(24)16-7-11-6-12(19)2-4-15(11)23-16/h2-8,10,23H,9H2,1H3,(H,22,24). The van der Waals surface area contributed by atoms with E-state index < -0.39 is 11.6 Å². The van der Waals surface area contributed by atoms with Crippen LogP contribution in [0, 0.1) is 11.6 Å². The molecule has 25 heavy (non-hydrogen) atoms. The van der Waals surface area contributed by atoms with Gasteiger partial charge in [-0.25, -0.2) is 8.78 Å². The van der Waals surface area contributed by atoms with Gasteiger partial charge in [-0.05, 0) is 43.3 Å². The maximum atomic E-state index is 13.5. The van der Waals surface area contributed by atoms with Gasteiger partial charge in [-0.3, -0.25) is 4.79 Å². The Morgan fingerprint density at radius 1 is 1.24 bits per heavy atom. The summed E-state index contributed by atoms with van der Waals surface area (Å²) in [6.07, 6.45) is 0. The number of nitrogens with one attached hydrogen (secondary N) is 2. The molecule has 7 heteroatoms. The third-order valence-electron chi connectivity index (χ3n) is 3.59. The topological polar surface area (TPSA) is 54.1 Å². The van der Waals surface area contributed by atoms with E-state index in [2.05, 4.69) is 10.3 Å². The molecule has 3 aromatic rings. The number of hydrogen-bond donors (Lipinski definition) is 2. The third-order valence-corrected chi connectivity index (χ3v) is 3.82. The van der Waals surface area contributed by atoms with Crippen molar-refractivity contribution in [1.29, 1.82) is 0 Å². The minimum Gasteiger partial charge on any atom is -0.488 e. The van der Waals surface area contributed by atoms with Crippen LogP contribution in [0.1, 0.15) is 17.4 Å². The molecule has 4 nitrogen and oxygen atoms in total. The van der Waals surface area contributed by atoms with E-state index in [1.165, 1.54) is 6.07 Å². The number of fused-ring (bicyclic) bond motifs is 1. The largest absolute Gasteiger partial charge is 0.488 e. The molecule has 0 spiro atoms. The number of rotatable bonds is 5. The van der Waals surface area contributed by atoms with Gasteiger partial charge in [0.2, 0.25) is 0 Å². The Morgan fingerprint density at radius 2 is 2.04 bits per heavy atom. The van der Waals surface area contributed by atoms with Crippen molar-refractivity contribution in [2.75, 3.05) is 6.61 Å². The van der Waals surface area contributed by atoms with Crippen LogP contribution < -0.4 is 10.1 Å². The Bertz CT molecular complexity index is 927. The molecule has 0 aliphatic carbocycles. The van der Waals surface area contributed by atoms with Gasteiger partial charge in [0.15, 0.2) is 11.6 Å².